The van der Waals surface area contributed by atoms with Crippen molar-refractivity contribution in [1.82, 2.24) is 10.2 Å². The van der Waals surface area contributed by atoms with Gasteiger partial charge in [-0.05, 0) is 30.2 Å². The van der Waals surface area contributed by atoms with Gasteiger partial charge in [0.15, 0.2) is 9.84 Å². The van der Waals surface area contributed by atoms with Crippen molar-refractivity contribution in [3.8, 4) is 0 Å². The maximum absolute atomic E-state index is 12.9. The summed E-state index contributed by atoms with van der Waals surface area (Å²) in [5.41, 5.74) is 3.42. The van der Waals surface area contributed by atoms with Crippen molar-refractivity contribution in [3.05, 3.63) is 70.8 Å². The van der Waals surface area contributed by atoms with E-state index in [1.54, 1.807) is 24.3 Å². The van der Waals surface area contributed by atoms with Crippen molar-refractivity contribution in [3.63, 3.8) is 0 Å². The van der Waals surface area contributed by atoms with Crippen LogP contribution in [0.1, 0.15) is 33.1 Å². The lowest BCUT2D eigenvalue weighted by atomic mass is 10.0. The zero-order valence-corrected chi connectivity index (χ0v) is 17.7. The smallest absolute Gasteiger partial charge is 0.251 e. The Kier molecular flexibility index (Phi) is 7.05. The molecule has 1 aliphatic heterocycles. The van der Waals surface area contributed by atoms with Crippen molar-refractivity contribution in [2.24, 2.45) is 0 Å². The maximum Gasteiger partial charge on any atom is 0.251 e. The van der Waals surface area contributed by atoms with Crippen molar-refractivity contribution >= 4 is 15.7 Å². The van der Waals surface area contributed by atoms with Gasteiger partial charge >= 0.3 is 0 Å². The average Bonchev–Trinajstić information content (AvgIpc) is 2.68. The Morgan fingerprint density at radius 2 is 1.69 bits per heavy atom. The number of aryl methyl sites for hydroxylation is 1. The zero-order valence-electron chi connectivity index (χ0n) is 16.9. The van der Waals surface area contributed by atoms with E-state index >= 15 is 0 Å². The van der Waals surface area contributed by atoms with Crippen LogP contribution in [-0.4, -0.2) is 58.3 Å². The molecule has 1 saturated heterocycles. The van der Waals surface area contributed by atoms with E-state index in [1.807, 2.05) is 19.1 Å². The molecule has 1 fully saturated rings. The Morgan fingerprint density at radius 3 is 2.28 bits per heavy atom. The number of sulfone groups is 1. The molecule has 1 heterocycles. The van der Waals surface area contributed by atoms with Gasteiger partial charge in [0.2, 0.25) is 0 Å². The van der Waals surface area contributed by atoms with E-state index in [0.717, 1.165) is 18.7 Å². The number of hydrogen-bond acceptors (Lipinski definition) is 5. The number of nitrogens with zero attached hydrogens (tertiary/aromatic N) is 1. The van der Waals surface area contributed by atoms with Crippen LogP contribution in [0.5, 0.6) is 0 Å². The first-order valence-electron chi connectivity index (χ1n) is 9.74. The van der Waals surface area contributed by atoms with Crippen LogP contribution in [-0.2, 0) is 20.3 Å². The topological polar surface area (TPSA) is 75.7 Å². The van der Waals surface area contributed by atoms with Crippen LogP contribution in [0.3, 0.4) is 0 Å². The van der Waals surface area contributed by atoms with Crippen molar-refractivity contribution < 1.29 is 17.9 Å². The quantitative estimate of drug-likeness (QED) is 0.750. The minimum absolute atomic E-state index is 0.0298. The van der Waals surface area contributed by atoms with E-state index in [4.69, 9.17) is 4.74 Å². The number of hydrogen-bond donors (Lipinski definition) is 1. The van der Waals surface area contributed by atoms with Crippen LogP contribution in [0.4, 0.5) is 0 Å². The zero-order chi connectivity index (χ0) is 20.9. The third kappa shape index (κ3) is 6.66. The highest BCUT2D eigenvalue weighted by Crippen LogP contribution is 2.18. The molecule has 0 radical (unpaired) electrons. The number of carbonyl (C=O) groups is 1. The van der Waals surface area contributed by atoms with Crippen LogP contribution < -0.4 is 5.32 Å². The summed E-state index contributed by atoms with van der Waals surface area (Å²) in [5, 5.41) is 3.14. The Morgan fingerprint density at radius 1 is 1.07 bits per heavy atom. The van der Waals surface area contributed by atoms with E-state index in [0.29, 0.717) is 30.9 Å². The van der Waals surface area contributed by atoms with Crippen LogP contribution in [0.15, 0.2) is 48.5 Å². The average molecular weight is 417 g/mol. The standard InChI is InChI=1S/C22H28N2O4S/c1-17-3-7-19(8-4-17)21(15-24-11-13-28-14-12-24)23-22(25)20-9-5-18(6-10-20)16-29(2,26)27/h3-10,21H,11-16H2,1-2H3,(H,23,25)/t21-/m0/s1. The molecule has 1 N–H and O–H groups in total. The van der Waals surface area contributed by atoms with Gasteiger partial charge in [0.05, 0.1) is 25.0 Å². The van der Waals surface area contributed by atoms with Gasteiger partial charge in [0, 0.05) is 31.5 Å². The molecule has 0 aliphatic carbocycles. The molecule has 7 heteroatoms. The summed E-state index contributed by atoms with van der Waals surface area (Å²) >= 11 is 0. The molecule has 0 aromatic heterocycles. The number of ether oxygens (including phenoxy) is 1. The van der Waals surface area contributed by atoms with Crippen LogP contribution in [0.25, 0.3) is 0 Å². The van der Waals surface area contributed by atoms with Gasteiger partial charge in [-0.2, -0.15) is 0 Å². The summed E-state index contributed by atoms with van der Waals surface area (Å²) in [6, 6.07) is 14.8. The molecular formula is C22H28N2O4S. The molecule has 2 aromatic rings. The van der Waals surface area contributed by atoms with E-state index in [9.17, 15) is 13.2 Å². The molecule has 1 atom stereocenters. The summed E-state index contributed by atoms with van der Waals surface area (Å²) in [5.74, 6) is -0.201. The maximum atomic E-state index is 12.9. The van der Waals surface area contributed by atoms with Crippen LogP contribution in [0, 0.1) is 6.92 Å². The van der Waals surface area contributed by atoms with Crippen LogP contribution in [0.2, 0.25) is 0 Å². The van der Waals surface area contributed by atoms with E-state index in [1.165, 1.54) is 11.8 Å². The number of nitrogens with one attached hydrogen (secondary N) is 1. The van der Waals surface area contributed by atoms with Gasteiger partial charge in [-0.3, -0.25) is 9.69 Å². The molecule has 0 unspecified atom stereocenters. The van der Waals surface area contributed by atoms with Gasteiger partial charge in [0.1, 0.15) is 0 Å². The molecule has 3 rings (SSSR count). The monoisotopic (exact) mass is 416 g/mol. The minimum atomic E-state index is -3.10. The summed E-state index contributed by atoms with van der Waals surface area (Å²) in [6.07, 6.45) is 1.20. The fraction of sp³-hybridized carbons (Fsp3) is 0.409. The Hall–Kier alpha value is -2.22. The summed E-state index contributed by atoms with van der Waals surface area (Å²) in [7, 11) is -3.10. The number of morpholine rings is 1. The van der Waals surface area contributed by atoms with Crippen LogP contribution >= 0.6 is 0 Å². The normalized spacial score (nSPS) is 16.3. The molecule has 0 saturated carbocycles. The lowest BCUT2D eigenvalue weighted by molar-refractivity contribution is 0.0332. The summed E-state index contributed by atoms with van der Waals surface area (Å²) in [6.45, 7) is 5.85. The van der Waals surface area contributed by atoms with E-state index in [2.05, 4.69) is 22.3 Å². The second kappa shape index (κ2) is 9.52. The molecule has 1 aliphatic rings. The first kappa shape index (κ1) is 21.5. The SMILES string of the molecule is Cc1ccc([C@H](CN2CCOCC2)NC(=O)c2ccc(CS(C)(=O)=O)cc2)cc1. The van der Waals surface area contributed by atoms with Gasteiger partial charge in [-0.1, -0.05) is 42.0 Å². The third-order valence-corrected chi connectivity index (χ3v) is 5.83. The summed E-state index contributed by atoms with van der Waals surface area (Å²) < 4.78 is 28.3. The summed E-state index contributed by atoms with van der Waals surface area (Å²) in [4.78, 5) is 15.2. The number of benzene rings is 2. The molecule has 6 nitrogen and oxygen atoms in total. The second-order valence-corrected chi connectivity index (χ2v) is 9.76. The van der Waals surface area contributed by atoms with Crippen molar-refractivity contribution in [2.45, 2.75) is 18.7 Å². The first-order chi connectivity index (χ1) is 13.8. The van der Waals surface area contributed by atoms with Crippen molar-refractivity contribution in [2.75, 3.05) is 39.1 Å². The second-order valence-electron chi connectivity index (χ2n) is 7.62. The van der Waals surface area contributed by atoms with Crippen molar-refractivity contribution in [1.29, 1.82) is 0 Å². The predicted octanol–water partition coefficient (Wildman–Crippen LogP) is 2.34. The lowest BCUT2D eigenvalue weighted by Crippen LogP contribution is -2.43. The fourth-order valence-electron chi connectivity index (χ4n) is 3.37. The predicted molar refractivity (Wildman–Crippen MR) is 114 cm³/mol. The number of rotatable bonds is 7. The molecule has 156 valence electrons. The van der Waals surface area contributed by atoms with Gasteiger partial charge < -0.3 is 10.1 Å². The highest BCUT2D eigenvalue weighted by atomic mass is 32.2. The highest BCUT2D eigenvalue weighted by Gasteiger charge is 2.21. The highest BCUT2D eigenvalue weighted by molar-refractivity contribution is 7.89. The first-order valence-corrected chi connectivity index (χ1v) is 11.8. The Labute approximate surface area is 172 Å². The molecule has 0 bridgehead atoms. The minimum Gasteiger partial charge on any atom is -0.379 e. The molecule has 0 spiro atoms. The molecular weight excluding hydrogens is 388 g/mol. The van der Waals surface area contributed by atoms with E-state index < -0.39 is 9.84 Å². The Bertz CT molecular complexity index is 918. The van der Waals surface area contributed by atoms with Gasteiger partial charge in [0.25, 0.3) is 5.91 Å². The molecule has 2 aromatic carbocycles. The van der Waals surface area contributed by atoms with Gasteiger partial charge in [-0.15, -0.1) is 0 Å². The van der Waals surface area contributed by atoms with E-state index in [-0.39, 0.29) is 17.7 Å². The molecule has 1 amide bonds. The molecule has 29 heavy (non-hydrogen) atoms. The fourth-order valence-corrected chi connectivity index (χ4v) is 4.17. The Balaban J connectivity index is 1.73. The van der Waals surface area contributed by atoms with Gasteiger partial charge in [-0.25, -0.2) is 8.42 Å². The lowest BCUT2D eigenvalue weighted by Gasteiger charge is -2.31. The largest absolute Gasteiger partial charge is 0.379 e. The number of carbonyl (C=O) groups excluding carboxylic acids is 1. The number of amides is 1. The third-order valence-electron chi connectivity index (χ3n) is 4.97.